The molecule has 0 radical (unpaired) electrons. The molecule has 4 heteroatoms. The van der Waals surface area contributed by atoms with E-state index in [0.29, 0.717) is 17.9 Å². The van der Waals surface area contributed by atoms with Gasteiger partial charge in [0, 0.05) is 11.1 Å². The Hall–Kier alpha value is -2.20. The second-order valence-electron chi connectivity index (χ2n) is 4.55. The van der Waals surface area contributed by atoms with Gasteiger partial charge in [0.25, 0.3) is 0 Å². The number of aliphatic hydroxyl groups excluding tert-OH is 1. The fourth-order valence-corrected chi connectivity index (χ4v) is 2.35. The third-order valence-corrected chi connectivity index (χ3v) is 3.25. The summed E-state index contributed by atoms with van der Waals surface area (Å²) in [6.07, 6.45) is 4.16. The molecule has 4 nitrogen and oxygen atoms in total. The van der Waals surface area contributed by atoms with E-state index in [1.165, 1.54) is 0 Å². The van der Waals surface area contributed by atoms with Crippen molar-refractivity contribution >= 4 is 5.76 Å². The van der Waals surface area contributed by atoms with Gasteiger partial charge in [0.05, 0.1) is 18.4 Å². The highest BCUT2D eigenvalue weighted by molar-refractivity contribution is 5.74. The molecule has 0 unspecified atom stereocenters. The van der Waals surface area contributed by atoms with E-state index in [9.17, 15) is 5.11 Å². The first kappa shape index (κ1) is 12.8. The Morgan fingerprint density at radius 2 is 2.25 bits per heavy atom. The van der Waals surface area contributed by atoms with E-state index in [-0.39, 0.29) is 12.6 Å². The Morgan fingerprint density at radius 1 is 1.35 bits per heavy atom. The molecule has 20 heavy (non-hydrogen) atoms. The predicted octanol–water partition coefficient (Wildman–Crippen LogP) is 4.12. The van der Waals surface area contributed by atoms with Crippen LogP contribution in [-0.4, -0.2) is 11.9 Å². The number of fused-ring (bicyclic) bond motifs is 1. The second kappa shape index (κ2) is 5.43. The van der Waals surface area contributed by atoms with E-state index < -0.39 is 0 Å². The quantitative estimate of drug-likeness (QED) is 0.854. The minimum atomic E-state index is 0.195. The number of ether oxygens (including phenoxy) is 2. The summed E-state index contributed by atoms with van der Waals surface area (Å²) in [5.41, 5.74) is 2.53. The molecule has 104 valence electrons. The van der Waals surface area contributed by atoms with E-state index in [1.54, 1.807) is 12.3 Å². The van der Waals surface area contributed by atoms with Crippen LogP contribution in [0.4, 0.5) is 0 Å². The van der Waals surface area contributed by atoms with Gasteiger partial charge < -0.3 is 19.0 Å². The van der Waals surface area contributed by atoms with E-state index in [1.807, 2.05) is 31.2 Å². The Kier molecular flexibility index (Phi) is 3.48. The molecule has 0 bridgehead atoms. The largest absolute Gasteiger partial charge is 0.508 e. The third kappa shape index (κ3) is 2.18. The molecule has 1 aliphatic heterocycles. The van der Waals surface area contributed by atoms with Crippen LogP contribution in [-0.2, 0) is 11.3 Å². The van der Waals surface area contributed by atoms with Crippen LogP contribution in [0.3, 0.4) is 0 Å². The Bertz CT molecular complexity index is 626. The molecule has 3 rings (SSSR count). The molecule has 2 aromatic rings. The lowest BCUT2D eigenvalue weighted by Crippen LogP contribution is -2.14. The molecule has 0 saturated carbocycles. The molecule has 0 atom stereocenters. The molecule has 1 aromatic carbocycles. The SMILES string of the molecule is CC/C=C(\O)c1ccc(-c2ccco2)c2c1OCOC2. The van der Waals surface area contributed by atoms with Crippen molar-refractivity contribution < 1.29 is 19.0 Å². The Labute approximate surface area is 117 Å². The lowest BCUT2D eigenvalue weighted by molar-refractivity contribution is -0.0164. The van der Waals surface area contributed by atoms with E-state index >= 15 is 0 Å². The van der Waals surface area contributed by atoms with Gasteiger partial charge in [-0.25, -0.2) is 0 Å². The maximum absolute atomic E-state index is 10.1. The zero-order chi connectivity index (χ0) is 13.9. The molecule has 1 N–H and O–H groups in total. The molecular weight excluding hydrogens is 256 g/mol. The van der Waals surface area contributed by atoms with Crippen LogP contribution in [0.5, 0.6) is 5.75 Å². The van der Waals surface area contributed by atoms with Crippen molar-refractivity contribution in [3.63, 3.8) is 0 Å². The highest BCUT2D eigenvalue weighted by atomic mass is 16.7. The monoisotopic (exact) mass is 272 g/mol. The van der Waals surface area contributed by atoms with Crippen molar-refractivity contribution in [2.24, 2.45) is 0 Å². The lowest BCUT2D eigenvalue weighted by atomic mass is 9.99. The first-order valence-electron chi connectivity index (χ1n) is 6.61. The van der Waals surface area contributed by atoms with Gasteiger partial charge in [0.15, 0.2) is 6.79 Å². The number of allylic oxidation sites excluding steroid dienone is 1. The molecule has 0 spiro atoms. The van der Waals surface area contributed by atoms with Gasteiger partial charge in [-0.2, -0.15) is 0 Å². The minimum Gasteiger partial charge on any atom is -0.508 e. The summed E-state index contributed by atoms with van der Waals surface area (Å²) >= 11 is 0. The smallest absolute Gasteiger partial charge is 0.189 e. The lowest BCUT2D eigenvalue weighted by Gasteiger charge is -2.22. The standard InChI is InChI=1S/C16H16O4/c1-2-4-14(17)12-7-6-11(15-5-3-8-19-15)13-9-18-10-20-16(12)13/h3-8,17H,2,9-10H2,1H3/b14-4-. The fraction of sp³-hybridized carbons (Fsp3) is 0.250. The fourth-order valence-electron chi connectivity index (χ4n) is 2.35. The van der Waals surface area contributed by atoms with Crippen LogP contribution in [0.15, 0.2) is 41.0 Å². The summed E-state index contributed by atoms with van der Waals surface area (Å²) in [4.78, 5) is 0. The molecule has 2 heterocycles. The van der Waals surface area contributed by atoms with E-state index in [4.69, 9.17) is 13.9 Å². The van der Waals surface area contributed by atoms with Crippen LogP contribution in [0.1, 0.15) is 24.5 Å². The topological polar surface area (TPSA) is 51.8 Å². The average molecular weight is 272 g/mol. The first-order chi connectivity index (χ1) is 9.81. The molecule has 1 aliphatic rings. The number of rotatable bonds is 3. The van der Waals surface area contributed by atoms with Crippen LogP contribution in [0.2, 0.25) is 0 Å². The molecule has 0 aliphatic carbocycles. The summed E-state index contributed by atoms with van der Waals surface area (Å²) in [6, 6.07) is 7.51. The van der Waals surface area contributed by atoms with Gasteiger partial charge >= 0.3 is 0 Å². The van der Waals surface area contributed by atoms with Gasteiger partial charge in [0.2, 0.25) is 0 Å². The normalized spacial score (nSPS) is 14.8. The maximum Gasteiger partial charge on any atom is 0.189 e. The number of hydrogen-bond donors (Lipinski definition) is 1. The van der Waals surface area contributed by atoms with Gasteiger partial charge in [-0.05, 0) is 36.8 Å². The summed E-state index contributed by atoms with van der Waals surface area (Å²) in [5.74, 6) is 1.67. The first-order valence-corrected chi connectivity index (χ1v) is 6.61. The number of hydrogen-bond acceptors (Lipinski definition) is 4. The van der Waals surface area contributed by atoms with Crippen molar-refractivity contribution in [1.29, 1.82) is 0 Å². The second-order valence-corrected chi connectivity index (χ2v) is 4.55. The van der Waals surface area contributed by atoms with Crippen molar-refractivity contribution in [1.82, 2.24) is 0 Å². The summed E-state index contributed by atoms with van der Waals surface area (Å²) in [7, 11) is 0. The van der Waals surface area contributed by atoms with Crippen LogP contribution >= 0.6 is 0 Å². The number of furan rings is 1. The zero-order valence-electron chi connectivity index (χ0n) is 11.3. The summed E-state index contributed by atoms with van der Waals surface area (Å²) in [6.45, 7) is 2.61. The highest BCUT2D eigenvalue weighted by Crippen LogP contribution is 2.38. The molecular formula is C16H16O4. The minimum absolute atomic E-state index is 0.195. The van der Waals surface area contributed by atoms with Gasteiger partial charge in [-0.3, -0.25) is 0 Å². The molecule has 0 saturated heterocycles. The van der Waals surface area contributed by atoms with Crippen molar-refractivity contribution in [3.05, 3.63) is 47.7 Å². The van der Waals surface area contributed by atoms with Crippen molar-refractivity contribution in [2.75, 3.05) is 6.79 Å². The van der Waals surface area contributed by atoms with E-state index in [0.717, 1.165) is 23.3 Å². The van der Waals surface area contributed by atoms with Crippen LogP contribution in [0.25, 0.3) is 17.1 Å². The van der Waals surface area contributed by atoms with E-state index in [2.05, 4.69) is 0 Å². The van der Waals surface area contributed by atoms with Crippen LogP contribution in [0, 0.1) is 0 Å². The van der Waals surface area contributed by atoms with Crippen molar-refractivity contribution in [3.8, 4) is 17.1 Å². The van der Waals surface area contributed by atoms with Gasteiger partial charge in [0.1, 0.15) is 17.3 Å². The van der Waals surface area contributed by atoms with Gasteiger partial charge in [-0.15, -0.1) is 0 Å². The average Bonchev–Trinajstić information content (AvgIpc) is 3.00. The predicted molar refractivity (Wildman–Crippen MR) is 75.3 cm³/mol. The Balaban J connectivity index is 2.15. The number of benzene rings is 1. The maximum atomic E-state index is 10.1. The molecule has 0 amide bonds. The molecule has 1 aromatic heterocycles. The summed E-state index contributed by atoms with van der Waals surface area (Å²) in [5, 5.41) is 10.1. The highest BCUT2D eigenvalue weighted by Gasteiger charge is 2.22. The molecule has 0 fully saturated rings. The third-order valence-electron chi connectivity index (χ3n) is 3.25. The number of aliphatic hydroxyl groups is 1. The van der Waals surface area contributed by atoms with Crippen molar-refractivity contribution in [2.45, 2.75) is 20.0 Å². The van der Waals surface area contributed by atoms with Gasteiger partial charge in [-0.1, -0.05) is 6.92 Å². The summed E-state index contributed by atoms with van der Waals surface area (Å²) < 4.78 is 16.4. The zero-order valence-corrected chi connectivity index (χ0v) is 11.3. The van der Waals surface area contributed by atoms with Crippen LogP contribution < -0.4 is 4.74 Å². The Morgan fingerprint density at radius 3 is 3.00 bits per heavy atom.